The van der Waals surface area contributed by atoms with Crippen molar-refractivity contribution in [2.45, 2.75) is 26.7 Å². The first-order chi connectivity index (χ1) is 9.75. The van der Waals surface area contributed by atoms with Gasteiger partial charge in [0, 0.05) is 24.2 Å². The summed E-state index contributed by atoms with van der Waals surface area (Å²) in [5.74, 6) is 1.68. The number of fused-ring (bicyclic) bond motifs is 1. The molecule has 0 unspecified atom stereocenters. The summed E-state index contributed by atoms with van der Waals surface area (Å²) in [4.78, 5) is 4.33. The van der Waals surface area contributed by atoms with E-state index in [0.29, 0.717) is 6.61 Å². The molecule has 0 fully saturated rings. The predicted molar refractivity (Wildman–Crippen MR) is 84.2 cm³/mol. The van der Waals surface area contributed by atoms with E-state index >= 15 is 0 Å². The van der Waals surface area contributed by atoms with Gasteiger partial charge in [0.25, 0.3) is 0 Å². The zero-order valence-corrected chi connectivity index (χ0v) is 12.4. The number of hydrogen-bond acceptors (Lipinski definition) is 3. The molecule has 1 aromatic heterocycles. The number of aromatic nitrogens is 1. The Kier molecular flexibility index (Phi) is 5.81. The van der Waals surface area contributed by atoms with Gasteiger partial charge in [-0.3, -0.25) is 4.98 Å². The van der Waals surface area contributed by atoms with Gasteiger partial charge in [-0.05, 0) is 43.5 Å². The molecule has 0 saturated heterocycles. The molecule has 0 spiro atoms. The first kappa shape index (κ1) is 14.8. The molecule has 1 aromatic carbocycles. The van der Waals surface area contributed by atoms with Gasteiger partial charge in [-0.1, -0.05) is 19.9 Å². The van der Waals surface area contributed by atoms with Gasteiger partial charge in [-0.2, -0.15) is 0 Å². The lowest BCUT2D eigenvalue weighted by molar-refractivity contribution is 0.313. The molecule has 1 N–H and O–H groups in total. The zero-order chi connectivity index (χ0) is 14.2. The number of hydrogen-bond donors (Lipinski definition) is 1. The van der Waals surface area contributed by atoms with Crippen LogP contribution in [-0.4, -0.2) is 24.7 Å². The Balaban J connectivity index is 1.68. The quantitative estimate of drug-likeness (QED) is 0.745. The van der Waals surface area contributed by atoms with Crippen LogP contribution in [-0.2, 0) is 0 Å². The molecule has 3 heteroatoms. The van der Waals surface area contributed by atoms with Gasteiger partial charge in [0.1, 0.15) is 12.4 Å². The molecular formula is C17H24N2O. The Bertz CT molecular complexity index is 525. The molecule has 0 aliphatic carbocycles. The third kappa shape index (κ3) is 4.82. The summed E-state index contributed by atoms with van der Waals surface area (Å²) in [5.41, 5.74) is 0.981. The Labute approximate surface area is 121 Å². The lowest BCUT2D eigenvalue weighted by atomic mass is 10.1. The molecule has 0 bridgehead atoms. The number of rotatable bonds is 8. The standard InChI is InChI=1S/C17H24N2O/c1-14(2)5-3-9-18-11-12-20-16-8-7-15-6-4-10-19-17(15)13-16/h4,6-8,10,13-14,18H,3,5,9,11-12H2,1-2H3. The highest BCUT2D eigenvalue weighted by Crippen LogP contribution is 2.18. The Morgan fingerprint density at radius 2 is 2.10 bits per heavy atom. The smallest absolute Gasteiger partial charge is 0.121 e. The van der Waals surface area contributed by atoms with Crippen LogP contribution in [0.1, 0.15) is 26.7 Å². The first-order valence-corrected chi connectivity index (χ1v) is 7.44. The summed E-state index contributed by atoms with van der Waals surface area (Å²) in [6.45, 7) is 7.17. The van der Waals surface area contributed by atoms with E-state index in [0.717, 1.165) is 35.7 Å². The Morgan fingerprint density at radius 1 is 1.20 bits per heavy atom. The van der Waals surface area contributed by atoms with Gasteiger partial charge in [0.2, 0.25) is 0 Å². The lowest BCUT2D eigenvalue weighted by Gasteiger charge is -2.09. The van der Waals surface area contributed by atoms with Crippen LogP contribution < -0.4 is 10.1 Å². The number of benzene rings is 1. The molecule has 0 aliphatic heterocycles. The fourth-order valence-electron chi connectivity index (χ4n) is 2.14. The van der Waals surface area contributed by atoms with Crippen LogP contribution in [0, 0.1) is 5.92 Å². The summed E-state index contributed by atoms with van der Waals surface area (Å²) < 4.78 is 5.74. The third-order valence-corrected chi connectivity index (χ3v) is 3.26. The van der Waals surface area contributed by atoms with Crippen molar-refractivity contribution >= 4 is 10.9 Å². The molecule has 108 valence electrons. The van der Waals surface area contributed by atoms with Gasteiger partial charge in [0.05, 0.1) is 5.52 Å². The van der Waals surface area contributed by atoms with Crippen molar-refractivity contribution < 1.29 is 4.74 Å². The van der Waals surface area contributed by atoms with Crippen molar-refractivity contribution in [3.8, 4) is 5.75 Å². The minimum Gasteiger partial charge on any atom is -0.492 e. The highest BCUT2D eigenvalue weighted by Gasteiger charge is 1.98. The number of nitrogens with zero attached hydrogens (tertiary/aromatic N) is 1. The number of nitrogens with one attached hydrogen (secondary N) is 1. The fraction of sp³-hybridized carbons (Fsp3) is 0.471. The van der Waals surface area contributed by atoms with E-state index in [1.165, 1.54) is 12.8 Å². The Morgan fingerprint density at radius 3 is 2.95 bits per heavy atom. The Hall–Kier alpha value is -1.61. The first-order valence-electron chi connectivity index (χ1n) is 7.44. The molecule has 0 saturated carbocycles. The second-order valence-corrected chi connectivity index (χ2v) is 5.49. The summed E-state index contributed by atoms with van der Waals surface area (Å²) >= 11 is 0. The van der Waals surface area contributed by atoms with Crippen LogP contribution in [0.3, 0.4) is 0 Å². The normalized spacial score (nSPS) is 11.2. The summed E-state index contributed by atoms with van der Waals surface area (Å²) in [7, 11) is 0. The van der Waals surface area contributed by atoms with E-state index in [4.69, 9.17) is 4.74 Å². The summed E-state index contributed by atoms with van der Waals surface area (Å²) in [6, 6.07) is 10.1. The maximum absolute atomic E-state index is 5.74. The van der Waals surface area contributed by atoms with Crippen LogP contribution >= 0.6 is 0 Å². The molecule has 20 heavy (non-hydrogen) atoms. The van der Waals surface area contributed by atoms with Crippen LogP contribution in [0.15, 0.2) is 36.5 Å². The van der Waals surface area contributed by atoms with Crippen molar-refractivity contribution in [2.24, 2.45) is 5.92 Å². The average Bonchev–Trinajstić information content (AvgIpc) is 2.46. The molecule has 2 aromatic rings. The van der Waals surface area contributed by atoms with Gasteiger partial charge >= 0.3 is 0 Å². The molecule has 0 amide bonds. The van der Waals surface area contributed by atoms with Crippen molar-refractivity contribution in [1.29, 1.82) is 0 Å². The van der Waals surface area contributed by atoms with E-state index in [9.17, 15) is 0 Å². The highest BCUT2D eigenvalue weighted by atomic mass is 16.5. The highest BCUT2D eigenvalue weighted by molar-refractivity contribution is 5.79. The van der Waals surface area contributed by atoms with Crippen LogP contribution in [0.2, 0.25) is 0 Å². The van der Waals surface area contributed by atoms with Gasteiger partial charge < -0.3 is 10.1 Å². The van der Waals surface area contributed by atoms with Gasteiger partial charge in [-0.25, -0.2) is 0 Å². The monoisotopic (exact) mass is 272 g/mol. The molecule has 2 rings (SSSR count). The second-order valence-electron chi connectivity index (χ2n) is 5.49. The molecule has 0 radical (unpaired) electrons. The minimum atomic E-state index is 0.694. The lowest BCUT2D eigenvalue weighted by Crippen LogP contribution is -2.22. The van der Waals surface area contributed by atoms with Crippen LogP contribution in [0.5, 0.6) is 5.75 Å². The van der Waals surface area contributed by atoms with Gasteiger partial charge in [-0.15, -0.1) is 0 Å². The molecule has 1 heterocycles. The van der Waals surface area contributed by atoms with Crippen LogP contribution in [0.25, 0.3) is 10.9 Å². The van der Waals surface area contributed by atoms with E-state index in [-0.39, 0.29) is 0 Å². The van der Waals surface area contributed by atoms with Crippen molar-refractivity contribution in [3.05, 3.63) is 36.5 Å². The van der Waals surface area contributed by atoms with Crippen LogP contribution in [0.4, 0.5) is 0 Å². The molecule has 0 aliphatic rings. The number of ether oxygens (including phenoxy) is 1. The van der Waals surface area contributed by atoms with Crippen molar-refractivity contribution in [1.82, 2.24) is 10.3 Å². The largest absolute Gasteiger partial charge is 0.492 e. The number of pyridine rings is 1. The predicted octanol–water partition coefficient (Wildman–Crippen LogP) is 3.64. The van der Waals surface area contributed by atoms with Crippen molar-refractivity contribution in [2.75, 3.05) is 19.7 Å². The zero-order valence-electron chi connectivity index (χ0n) is 12.4. The topological polar surface area (TPSA) is 34.1 Å². The molecular weight excluding hydrogens is 248 g/mol. The average molecular weight is 272 g/mol. The third-order valence-electron chi connectivity index (χ3n) is 3.26. The fourth-order valence-corrected chi connectivity index (χ4v) is 2.14. The maximum atomic E-state index is 5.74. The maximum Gasteiger partial charge on any atom is 0.121 e. The molecule has 0 atom stereocenters. The SMILES string of the molecule is CC(C)CCCNCCOc1ccc2cccnc2c1. The summed E-state index contributed by atoms with van der Waals surface area (Å²) in [5, 5.41) is 4.55. The summed E-state index contributed by atoms with van der Waals surface area (Å²) in [6.07, 6.45) is 4.32. The van der Waals surface area contributed by atoms with Crippen molar-refractivity contribution in [3.63, 3.8) is 0 Å². The van der Waals surface area contributed by atoms with E-state index < -0.39 is 0 Å². The van der Waals surface area contributed by atoms with E-state index in [1.807, 2.05) is 30.5 Å². The molecule has 3 nitrogen and oxygen atoms in total. The second kappa shape index (κ2) is 7.85. The minimum absolute atomic E-state index is 0.694. The van der Waals surface area contributed by atoms with E-state index in [2.05, 4.69) is 30.2 Å². The van der Waals surface area contributed by atoms with E-state index in [1.54, 1.807) is 0 Å². The van der Waals surface area contributed by atoms with Gasteiger partial charge in [0.15, 0.2) is 0 Å².